The SMILES string of the molecule is O=C(c1cn(Cc2ccccc2F)nn1)N1CCc2[nH]cnc2C1c1ccncc1. The number of halogens is 1. The number of benzene rings is 1. The maximum Gasteiger partial charge on any atom is 0.276 e. The van der Waals surface area contributed by atoms with Gasteiger partial charge in [0, 0.05) is 36.6 Å². The summed E-state index contributed by atoms with van der Waals surface area (Å²) in [6.07, 6.45) is 7.27. The van der Waals surface area contributed by atoms with E-state index in [0.29, 0.717) is 18.5 Å². The lowest BCUT2D eigenvalue weighted by atomic mass is 9.96. The number of aromatic amines is 1. The number of fused-ring (bicyclic) bond motifs is 1. The molecular weight excluding hydrogens is 385 g/mol. The fraction of sp³-hybridized carbons (Fsp3) is 0.190. The molecule has 5 rings (SSSR count). The van der Waals surface area contributed by atoms with Gasteiger partial charge in [0.05, 0.1) is 24.8 Å². The van der Waals surface area contributed by atoms with Gasteiger partial charge in [0.1, 0.15) is 11.9 Å². The van der Waals surface area contributed by atoms with Crippen LogP contribution in [0.5, 0.6) is 0 Å². The first kappa shape index (κ1) is 18.2. The van der Waals surface area contributed by atoms with Gasteiger partial charge in [-0.15, -0.1) is 5.10 Å². The minimum Gasteiger partial charge on any atom is -0.348 e. The molecule has 0 aliphatic carbocycles. The predicted molar refractivity (Wildman–Crippen MR) is 105 cm³/mol. The van der Waals surface area contributed by atoms with Crippen molar-refractivity contribution in [2.75, 3.05) is 6.54 Å². The van der Waals surface area contributed by atoms with Crippen LogP contribution >= 0.6 is 0 Å². The molecule has 4 heterocycles. The molecular formula is C21H18FN7O. The zero-order valence-electron chi connectivity index (χ0n) is 15.9. The lowest BCUT2D eigenvalue weighted by Crippen LogP contribution is -2.41. The number of carbonyl (C=O) groups is 1. The van der Waals surface area contributed by atoms with E-state index in [9.17, 15) is 9.18 Å². The molecule has 1 aromatic carbocycles. The molecule has 0 saturated carbocycles. The molecule has 3 aromatic heterocycles. The van der Waals surface area contributed by atoms with Crippen LogP contribution in [0.3, 0.4) is 0 Å². The number of aromatic nitrogens is 6. The topological polar surface area (TPSA) is 92.6 Å². The van der Waals surface area contributed by atoms with E-state index >= 15 is 0 Å². The minimum atomic E-state index is -0.341. The van der Waals surface area contributed by atoms with Gasteiger partial charge >= 0.3 is 0 Å². The Morgan fingerprint density at radius 2 is 2.03 bits per heavy atom. The molecule has 1 aliphatic rings. The second-order valence-electron chi connectivity index (χ2n) is 7.09. The molecule has 1 unspecified atom stereocenters. The zero-order valence-corrected chi connectivity index (χ0v) is 15.9. The van der Waals surface area contributed by atoms with Gasteiger partial charge in [-0.3, -0.25) is 9.78 Å². The molecule has 0 spiro atoms. The largest absolute Gasteiger partial charge is 0.348 e. The highest BCUT2D eigenvalue weighted by Gasteiger charge is 2.35. The zero-order chi connectivity index (χ0) is 20.5. The Labute approximate surface area is 171 Å². The maximum absolute atomic E-state index is 13.9. The van der Waals surface area contributed by atoms with Crippen LogP contribution in [0, 0.1) is 5.82 Å². The summed E-state index contributed by atoms with van der Waals surface area (Å²) >= 11 is 0. The highest BCUT2D eigenvalue weighted by molar-refractivity contribution is 5.92. The summed E-state index contributed by atoms with van der Waals surface area (Å²) < 4.78 is 15.4. The van der Waals surface area contributed by atoms with Gasteiger partial charge in [-0.25, -0.2) is 14.1 Å². The van der Waals surface area contributed by atoms with E-state index < -0.39 is 0 Å². The van der Waals surface area contributed by atoms with Crippen LogP contribution in [0.15, 0.2) is 61.3 Å². The molecule has 4 aromatic rings. The van der Waals surface area contributed by atoms with Crippen LogP contribution in [0.25, 0.3) is 0 Å². The third-order valence-corrected chi connectivity index (χ3v) is 5.26. The van der Waals surface area contributed by atoms with Crippen LogP contribution in [0.1, 0.15) is 39.0 Å². The van der Waals surface area contributed by atoms with E-state index in [0.717, 1.165) is 17.0 Å². The number of nitrogens with one attached hydrogen (secondary N) is 1. The molecule has 30 heavy (non-hydrogen) atoms. The summed E-state index contributed by atoms with van der Waals surface area (Å²) in [5.74, 6) is -0.564. The van der Waals surface area contributed by atoms with E-state index in [-0.39, 0.29) is 30.0 Å². The Morgan fingerprint density at radius 1 is 1.20 bits per heavy atom. The van der Waals surface area contributed by atoms with Crippen molar-refractivity contribution in [2.45, 2.75) is 19.0 Å². The number of amides is 1. The Balaban J connectivity index is 1.44. The van der Waals surface area contributed by atoms with Gasteiger partial charge in [-0.1, -0.05) is 23.4 Å². The second kappa shape index (κ2) is 7.51. The Bertz CT molecular complexity index is 1190. The number of H-pyrrole nitrogens is 1. The highest BCUT2D eigenvalue weighted by atomic mass is 19.1. The molecule has 0 bridgehead atoms. The molecule has 1 aliphatic heterocycles. The van der Waals surface area contributed by atoms with Gasteiger partial charge in [-0.05, 0) is 23.8 Å². The van der Waals surface area contributed by atoms with Gasteiger partial charge in [0.2, 0.25) is 0 Å². The van der Waals surface area contributed by atoms with Crippen molar-refractivity contribution < 1.29 is 9.18 Å². The number of nitrogens with zero attached hydrogens (tertiary/aromatic N) is 6. The molecule has 9 heteroatoms. The second-order valence-corrected chi connectivity index (χ2v) is 7.09. The first-order valence-electron chi connectivity index (χ1n) is 9.57. The van der Waals surface area contributed by atoms with Crippen molar-refractivity contribution in [1.82, 2.24) is 34.8 Å². The normalized spacial score (nSPS) is 15.8. The molecule has 0 saturated heterocycles. The molecule has 1 amide bonds. The average Bonchev–Trinajstić information content (AvgIpc) is 3.44. The first-order chi connectivity index (χ1) is 14.7. The Kier molecular flexibility index (Phi) is 4.55. The van der Waals surface area contributed by atoms with Gasteiger partial charge in [0.25, 0.3) is 5.91 Å². The molecule has 1 N–H and O–H groups in total. The lowest BCUT2D eigenvalue weighted by molar-refractivity contribution is 0.0684. The predicted octanol–water partition coefficient (Wildman–Crippen LogP) is 2.37. The Hall–Kier alpha value is -3.88. The van der Waals surface area contributed by atoms with Crippen LogP contribution in [-0.4, -0.2) is 47.3 Å². The smallest absolute Gasteiger partial charge is 0.276 e. The minimum absolute atomic E-state index is 0.199. The van der Waals surface area contributed by atoms with Crippen LogP contribution in [-0.2, 0) is 13.0 Å². The van der Waals surface area contributed by atoms with Crippen LogP contribution in [0.2, 0.25) is 0 Å². The average molecular weight is 403 g/mol. The molecule has 150 valence electrons. The van der Waals surface area contributed by atoms with Crippen molar-refractivity contribution in [3.63, 3.8) is 0 Å². The van der Waals surface area contributed by atoms with E-state index in [2.05, 4.69) is 25.3 Å². The monoisotopic (exact) mass is 403 g/mol. The van der Waals surface area contributed by atoms with Gasteiger partial charge < -0.3 is 9.88 Å². The summed E-state index contributed by atoms with van der Waals surface area (Å²) in [7, 11) is 0. The van der Waals surface area contributed by atoms with Crippen LogP contribution < -0.4 is 0 Å². The van der Waals surface area contributed by atoms with Crippen molar-refractivity contribution in [2.24, 2.45) is 0 Å². The standard InChI is InChI=1S/C21H18FN7O/c22-16-4-2-1-3-15(16)11-28-12-18(26-27-28)21(30)29-10-7-17-19(25-13-24-17)20(29)14-5-8-23-9-6-14/h1-6,8-9,12-13,20H,7,10-11H2,(H,24,25). The summed E-state index contributed by atoms with van der Waals surface area (Å²) in [6.45, 7) is 0.714. The van der Waals surface area contributed by atoms with E-state index in [4.69, 9.17) is 0 Å². The summed E-state index contributed by atoms with van der Waals surface area (Å²) in [4.78, 5) is 26.8. The van der Waals surface area contributed by atoms with E-state index in [1.54, 1.807) is 48.0 Å². The number of imidazole rings is 1. The van der Waals surface area contributed by atoms with Crippen molar-refractivity contribution in [3.8, 4) is 0 Å². The maximum atomic E-state index is 13.9. The molecule has 0 radical (unpaired) electrons. The summed E-state index contributed by atoms with van der Waals surface area (Å²) in [5, 5.41) is 8.07. The lowest BCUT2D eigenvalue weighted by Gasteiger charge is -2.34. The fourth-order valence-corrected chi connectivity index (χ4v) is 3.80. The van der Waals surface area contributed by atoms with Crippen LogP contribution in [0.4, 0.5) is 4.39 Å². The van der Waals surface area contributed by atoms with Crippen molar-refractivity contribution in [3.05, 3.63) is 95.3 Å². The van der Waals surface area contributed by atoms with E-state index in [1.807, 2.05) is 12.1 Å². The number of carbonyl (C=O) groups excluding carboxylic acids is 1. The number of pyridine rings is 1. The fourth-order valence-electron chi connectivity index (χ4n) is 3.80. The number of rotatable bonds is 4. The number of hydrogen-bond acceptors (Lipinski definition) is 5. The quantitative estimate of drug-likeness (QED) is 0.565. The third-order valence-electron chi connectivity index (χ3n) is 5.26. The molecule has 0 fully saturated rings. The highest BCUT2D eigenvalue weighted by Crippen LogP contribution is 2.33. The first-order valence-corrected chi connectivity index (χ1v) is 9.57. The van der Waals surface area contributed by atoms with E-state index in [1.165, 1.54) is 10.7 Å². The van der Waals surface area contributed by atoms with Gasteiger partial charge in [-0.2, -0.15) is 0 Å². The summed E-state index contributed by atoms with van der Waals surface area (Å²) in [6, 6.07) is 9.89. The third kappa shape index (κ3) is 3.24. The van der Waals surface area contributed by atoms with Crippen molar-refractivity contribution >= 4 is 5.91 Å². The molecule has 8 nitrogen and oxygen atoms in total. The van der Waals surface area contributed by atoms with Crippen molar-refractivity contribution in [1.29, 1.82) is 0 Å². The van der Waals surface area contributed by atoms with Gasteiger partial charge in [0.15, 0.2) is 5.69 Å². The molecule has 1 atom stereocenters. The Morgan fingerprint density at radius 3 is 2.87 bits per heavy atom. The number of hydrogen-bond donors (Lipinski definition) is 1. The summed E-state index contributed by atoms with van der Waals surface area (Å²) in [5.41, 5.74) is 3.45.